The van der Waals surface area contributed by atoms with Gasteiger partial charge in [-0.05, 0) is 31.2 Å². The van der Waals surface area contributed by atoms with Crippen LogP contribution in [-0.2, 0) is 6.54 Å². The molecule has 0 aliphatic heterocycles. The molecule has 2 aromatic rings. The largest absolute Gasteiger partial charge is 0.424 e. The van der Waals surface area contributed by atoms with Gasteiger partial charge < -0.3 is 10.1 Å². The number of hydrogen-bond acceptors (Lipinski definition) is 4. The van der Waals surface area contributed by atoms with Gasteiger partial charge in [0.05, 0.1) is 0 Å². The third-order valence-electron chi connectivity index (χ3n) is 2.78. The second-order valence-electron chi connectivity index (χ2n) is 4.85. The van der Waals surface area contributed by atoms with Gasteiger partial charge in [0.1, 0.15) is 11.6 Å². The van der Waals surface area contributed by atoms with E-state index in [1.54, 1.807) is 18.3 Å². The molecule has 1 N–H and O–H groups in total. The van der Waals surface area contributed by atoms with Gasteiger partial charge in [-0.1, -0.05) is 13.8 Å². The first-order valence-electron chi connectivity index (χ1n) is 6.54. The zero-order chi connectivity index (χ0) is 14.5. The van der Waals surface area contributed by atoms with Crippen LogP contribution in [0.2, 0.25) is 0 Å². The molecule has 2 rings (SSSR count). The van der Waals surface area contributed by atoms with Crippen molar-refractivity contribution in [1.29, 1.82) is 0 Å². The molecule has 0 aliphatic rings. The Bertz CT molecular complexity index is 570. The summed E-state index contributed by atoms with van der Waals surface area (Å²) in [5.41, 5.74) is 1.90. The van der Waals surface area contributed by atoms with Crippen LogP contribution in [0, 0.1) is 12.7 Å². The van der Waals surface area contributed by atoms with Crippen LogP contribution in [0.5, 0.6) is 11.8 Å². The van der Waals surface area contributed by atoms with E-state index in [1.807, 2.05) is 6.92 Å². The van der Waals surface area contributed by atoms with E-state index in [4.69, 9.17) is 4.74 Å². The van der Waals surface area contributed by atoms with E-state index < -0.39 is 0 Å². The van der Waals surface area contributed by atoms with Crippen LogP contribution in [0.4, 0.5) is 4.39 Å². The van der Waals surface area contributed by atoms with Gasteiger partial charge in [0.2, 0.25) is 0 Å². The van der Waals surface area contributed by atoms with Crippen molar-refractivity contribution in [3.8, 4) is 11.8 Å². The minimum Gasteiger partial charge on any atom is -0.424 e. The molecule has 0 fully saturated rings. The van der Waals surface area contributed by atoms with E-state index in [0.717, 1.165) is 17.8 Å². The van der Waals surface area contributed by atoms with Crippen molar-refractivity contribution >= 4 is 0 Å². The van der Waals surface area contributed by atoms with E-state index in [-0.39, 0.29) is 11.8 Å². The summed E-state index contributed by atoms with van der Waals surface area (Å²) in [6.45, 7) is 6.81. The van der Waals surface area contributed by atoms with Crippen molar-refractivity contribution in [1.82, 2.24) is 15.3 Å². The minimum atomic E-state index is -0.301. The lowest BCUT2D eigenvalue weighted by Crippen LogP contribution is -2.22. The number of nitrogens with one attached hydrogen (secondary N) is 1. The predicted molar refractivity (Wildman–Crippen MR) is 75.2 cm³/mol. The molecule has 5 heteroatoms. The average Bonchev–Trinajstić information content (AvgIpc) is 2.40. The van der Waals surface area contributed by atoms with Crippen LogP contribution in [0.3, 0.4) is 0 Å². The normalized spacial score (nSPS) is 10.8. The number of rotatable bonds is 5. The molecule has 4 nitrogen and oxygen atoms in total. The topological polar surface area (TPSA) is 47.0 Å². The molecule has 0 unspecified atom stereocenters. The molecule has 0 radical (unpaired) electrons. The fraction of sp³-hybridized carbons (Fsp3) is 0.333. The first-order chi connectivity index (χ1) is 9.54. The Hall–Kier alpha value is -2.01. The molecule has 1 aromatic carbocycles. The maximum absolute atomic E-state index is 12.8. The molecule has 0 saturated heterocycles. The highest BCUT2D eigenvalue weighted by molar-refractivity contribution is 5.26. The molecular formula is C15H18FN3O. The van der Waals surface area contributed by atoms with E-state index >= 15 is 0 Å². The molecule has 1 heterocycles. The second-order valence-corrected chi connectivity index (χ2v) is 4.85. The Labute approximate surface area is 118 Å². The van der Waals surface area contributed by atoms with Crippen LogP contribution in [0.25, 0.3) is 0 Å². The second kappa shape index (κ2) is 6.43. The van der Waals surface area contributed by atoms with E-state index in [9.17, 15) is 4.39 Å². The first kappa shape index (κ1) is 14.4. The third kappa shape index (κ3) is 3.99. The monoisotopic (exact) mass is 275 g/mol. The van der Waals surface area contributed by atoms with E-state index in [1.165, 1.54) is 12.1 Å². The van der Waals surface area contributed by atoms with E-state index in [2.05, 4.69) is 29.1 Å². The Morgan fingerprint density at radius 3 is 2.55 bits per heavy atom. The van der Waals surface area contributed by atoms with Gasteiger partial charge in [0.25, 0.3) is 0 Å². The number of halogens is 1. The third-order valence-corrected chi connectivity index (χ3v) is 2.78. The zero-order valence-electron chi connectivity index (χ0n) is 11.9. The Balaban J connectivity index is 2.06. The standard InChI is InChI=1S/C15H18FN3O/c1-10(2)17-8-12-9-18-15(19-11(12)3)20-14-6-4-13(16)5-7-14/h4-7,9-10,17H,8H2,1-3H3. The Kier molecular flexibility index (Phi) is 4.63. The fourth-order valence-electron chi connectivity index (χ4n) is 1.62. The SMILES string of the molecule is Cc1nc(Oc2ccc(F)cc2)ncc1CNC(C)C. The lowest BCUT2D eigenvalue weighted by molar-refractivity contribution is 0.437. The molecule has 1 aromatic heterocycles. The summed E-state index contributed by atoms with van der Waals surface area (Å²) in [6.07, 6.45) is 1.75. The molecule has 0 bridgehead atoms. The molecular weight excluding hydrogens is 257 g/mol. The number of aromatic nitrogens is 2. The summed E-state index contributed by atoms with van der Waals surface area (Å²) < 4.78 is 18.3. The number of aryl methyl sites for hydroxylation is 1. The average molecular weight is 275 g/mol. The van der Waals surface area contributed by atoms with Crippen LogP contribution in [0.15, 0.2) is 30.5 Å². The summed E-state index contributed by atoms with van der Waals surface area (Å²) in [7, 11) is 0. The highest BCUT2D eigenvalue weighted by Crippen LogP contribution is 2.18. The maximum atomic E-state index is 12.8. The predicted octanol–water partition coefficient (Wildman–Crippen LogP) is 3.21. The lowest BCUT2D eigenvalue weighted by Gasteiger charge is -2.10. The van der Waals surface area contributed by atoms with Crippen molar-refractivity contribution < 1.29 is 9.13 Å². The molecule has 0 spiro atoms. The van der Waals surface area contributed by atoms with Crippen LogP contribution in [-0.4, -0.2) is 16.0 Å². The van der Waals surface area contributed by atoms with Gasteiger partial charge in [-0.3, -0.25) is 0 Å². The van der Waals surface area contributed by atoms with Crippen LogP contribution in [0.1, 0.15) is 25.1 Å². The molecule has 106 valence electrons. The van der Waals surface area contributed by atoms with Crippen LogP contribution < -0.4 is 10.1 Å². The van der Waals surface area contributed by atoms with Crippen molar-refractivity contribution in [2.45, 2.75) is 33.4 Å². The number of benzene rings is 1. The highest BCUT2D eigenvalue weighted by Gasteiger charge is 2.06. The van der Waals surface area contributed by atoms with Gasteiger partial charge in [0, 0.05) is 30.0 Å². The Morgan fingerprint density at radius 2 is 1.95 bits per heavy atom. The van der Waals surface area contributed by atoms with Gasteiger partial charge in [-0.25, -0.2) is 9.37 Å². The molecule has 0 saturated carbocycles. The van der Waals surface area contributed by atoms with Crippen molar-refractivity contribution in [2.75, 3.05) is 0 Å². The fourth-order valence-corrected chi connectivity index (χ4v) is 1.62. The number of hydrogen-bond donors (Lipinski definition) is 1. The summed E-state index contributed by atoms with van der Waals surface area (Å²) in [5.74, 6) is 0.211. The summed E-state index contributed by atoms with van der Waals surface area (Å²) >= 11 is 0. The Morgan fingerprint density at radius 1 is 1.25 bits per heavy atom. The minimum absolute atomic E-state index is 0.266. The van der Waals surface area contributed by atoms with Crippen molar-refractivity contribution in [2.24, 2.45) is 0 Å². The number of nitrogens with zero attached hydrogens (tertiary/aromatic N) is 2. The maximum Gasteiger partial charge on any atom is 0.322 e. The van der Waals surface area contributed by atoms with Gasteiger partial charge in [-0.2, -0.15) is 4.98 Å². The summed E-state index contributed by atoms with van der Waals surface area (Å²) in [6, 6.07) is 6.43. The molecule has 0 atom stereocenters. The summed E-state index contributed by atoms with van der Waals surface area (Å²) in [5, 5.41) is 3.32. The quantitative estimate of drug-likeness (QED) is 0.910. The summed E-state index contributed by atoms with van der Waals surface area (Å²) in [4.78, 5) is 8.47. The van der Waals surface area contributed by atoms with Crippen LogP contribution >= 0.6 is 0 Å². The number of ether oxygens (including phenoxy) is 1. The van der Waals surface area contributed by atoms with Gasteiger partial charge in [-0.15, -0.1) is 0 Å². The highest BCUT2D eigenvalue weighted by atomic mass is 19.1. The first-order valence-corrected chi connectivity index (χ1v) is 6.54. The molecule has 0 aliphatic carbocycles. The van der Waals surface area contributed by atoms with Gasteiger partial charge >= 0.3 is 6.01 Å². The zero-order valence-corrected chi connectivity index (χ0v) is 11.9. The molecule has 0 amide bonds. The lowest BCUT2D eigenvalue weighted by atomic mass is 10.2. The van der Waals surface area contributed by atoms with Crippen molar-refractivity contribution in [3.63, 3.8) is 0 Å². The van der Waals surface area contributed by atoms with Crippen molar-refractivity contribution in [3.05, 3.63) is 47.5 Å². The molecule has 20 heavy (non-hydrogen) atoms. The van der Waals surface area contributed by atoms with Gasteiger partial charge in [0.15, 0.2) is 0 Å². The van der Waals surface area contributed by atoms with E-state index in [0.29, 0.717) is 11.8 Å². The smallest absolute Gasteiger partial charge is 0.322 e.